The third-order valence-electron chi connectivity index (χ3n) is 10.5. The first-order chi connectivity index (χ1) is 19.3. The van der Waals surface area contributed by atoms with Gasteiger partial charge < -0.3 is 25.2 Å². The molecule has 1 spiro atoms. The maximum absolute atomic E-state index is 14.6. The van der Waals surface area contributed by atoms with E-state index in [4.69, 9.17) is 15.2 Å². The monoisotopic (exact) mass is 568 g/mol. The lowest BCUT2D eigenvalue weighted by molar-refractivity contribution is -0.346. The normalized spacial score (nSPS) is 35.9. The number of benzene rings is 1. The van der Waals surface area contributed by atoms with Gasteiger partial charge in [-0.15, -0.1) is 0 Å². The number of nitrogens with zero attached hydrogens (tertiary/aromatic N) is 3. The zero-order valence-corrected chi connectivity index (χ0v) is 24.6. The van der Waals surface area contributed by atoms with Crippen molar-refractivity contribution in [2.45, 2.75) is 55.5 Å². The summed E-state index contributed by atoms with van der Waals surface area (Å²) in [6.07, 6.45) is 3.02. The summed E-state index contributed by atoms with van der Waals surface area (Å²) in [6, 6.07) is 1.35. The molecule has 0 aromatic heterocycles. The van der Waals surface area contributed by atoms with E-state index in [0.717, 1.165) is 29.7 Å². The number of anilines is 1. The summed E-state index contributed by atoms with van der Waals surface area (Å²) in [7, 11) is 10.7. The van der Waals surface area contributed by atoms with Crippen molar-refractivity contribution < 1.29 is 33.8 Å². The molecular formula is C30H40N4O7. The first kappa shape index (κ1) is 28.3. The molecular weight excluding hydrogens is 528 g/mol. The van der Waals surface area contributed by atoms with E-state index in [2.05, 4.69) is 11.9 Å². The Hall–Kier alpha value is -2.86. The van der Waals surface area contributed by atoms with Crippen LogP contribution in [-0.2, 0) is 36.8 Å². The number of Topliss-reactive ketones (excluding diaryl/α,β-unsaturated/α-hetero) is 3. The van der Waals surface area contributed by atoms with Crippen molar-refractivity contribution in [1.29, 1.82) is 0 Å². The summed E-state index contributed by atoms with van der Waals surface area (Å²) >= 11 is 0. The quantitative estimate of drug-likeness (QED) is 0.443. The van der Waals surface area contributed by atoms with Gasteiger partial charge in [0.05, 0.1) is 24.1 Å². The molecule has 0 bridgehead atoms. The number of primary amides is 1. The molecule has 1 aromatic carbocycles. The van der Waals surface area contributed by atoms with E-state index in [0.29, 0.717) is 25.4 Å². The number of likely N-dealkylation sites (N-methyl/N-ethyl adjacent to an activating group) is 1. The van der Waals surface area contributed by atoms with Gasteiger partial charge in [0.15, 0.2) is 23.0 Å². The Morgan fingerprint density at radius 3 is 2.37 bits per heavy atom. The van der Waals surface area contributed by atoms with Crippen molar-refractivity contribution in [2.24, 2.45) is 29.4 Å². The molecule has 4 fully saturated rings. The van der Waals surface area contributed by atoms with Gasteiger partial charge in [-0.1, -0.05) is 0 Å². The molecule has 0 radical (unpaired) electrons. The number of hydrogen-bond acceptors (Lipinski definition) is 10. The molecule has 4 aliphatic carbocycles. The molecule has 11 nitrogen and oxygen atoms in total. The van der Waals surface area contributed by atoms with Gasteiger partial charge in [-0.2, -0.15) is 0 Å². The minimum Gasteiger partial charge on any atom is -0.507 e. The summed E-state index contributed by atoms with van der Waals surface area (Å²) < 4.78 is 12.0. The first-order valence-electron chi connectivity index (χ1n) is 14.3. The Bertz CT molecular complexity index is 1350. The molecule has 5 aliphatic rings. The Balaban J connectivity index is 1.49. The van der Waals surface area contributed by atoms with Crippen molar-refractivity contribution in [3.05, 3.63) is 22.8 Å². The molecule has 1 amide bonds. The second-order valence-corrected chi connectivity index (χ2v) is 13.1. The zero-order chi connectivity index (χ0) is 29.8. The minimum atomic E-state index is -1.68. The Labute approximate surface area is 239 Å². The fourth-order valence-corrected chi connectivity index (χ4v) is 8.68. The third kappa shape index (κ3) is 3.58. The molecule has 222 valence electrons. The van der Waals surface area contributed by atoms with Gasteiger partial charge in [-0.3, -0.25) is 29.0 Å². The van der Waals surface area contributed by atoms with E-state index < -0.39 is 58.4 Å². The van der Waals surface area contributed by atoms with Crippen molar-refractivity contribution in [3.8, 4) is 5.75 Å². The highest BCUT2D eigenvalue weighted by Crippen LogP contribution is 2.62. The van der Waals surface area contributed by atoms with Crippen LogP contribution in [0.2, 0.25) is 0 Å². The molecule has 1 heterocycles. The predicted octanol–water partition coefficient (Wildman–Crippen LogP) is 0.381. The second-order valence-electron chi connectivity index (χ2n) is 13.1. The summed E-state index contributed by atoms with van der Waals surface area (Å²) in [4.78, 5) is 61.4. The number of phenolic OH excluding ortho intramolecular Hbond substituents is 1. The minimum absolute atomic E-state index is 0.131. The molecule has 1 aromatic rings. The van der Waals surface area contributed by atoms with Crippen LogP contribution in [0.4, 0.5) is 5.69 Å². The molecule has 7 unspecified atom stereocenters. The van der Waals surface area contributed by atoms with Crippen LogP contribution in [0.3, 0.4) is 0 Å². The van der Waals surface area contributed by atoms with Crippen LogP contribution in [0.5, 0.6) is 5.75 Å². The number of carbonyl (C=O) groups is 4. The molecule has 11 heteroatoms. The van der Waals surface area contributed by atoms with Crippen LogP contribution in [0.25, 0.3) is 0 Å². The van der Waals surface area contributed by atoms with Crippen molar-refractivity contribution in [3.63, 3.8) is 0 Å². The highest BCUT2D eigenvalue weighted by atomic mass is 16.6. The predicted molar refractivity (Wildman–Crippen MR) is 149 cm³/mol. The Morgan fingerprint density at radius 1 is 1.17 bits per heavy atom. The Morgan fingerprint density at radius 2 is 1.85 bits per heavy atom. The number of ether oxygens (including phenoxy) is 2. The molecule has 3 saturated carbocycles. The molecule has 6 rings (SSSR count). The highest BCUT2D eigenvalue weighted by Gasteiger charge is 2.82. The van der Waals surface area contributed by atoms with Gasteiger partial charge in [0.2, 0.25) is 5.91 Å². The fourth-order valence-electron chi connectivity index (χ4n) is 8.68. The number of fused-ring (bicyclic) bond motifs is 2. The van der Waals surface area contributed by atoms with E-state index in [1.54, 1.807) is 25.1 Å². The van der Waals surface area contributed by atoms with E-state index in [-0.39, 0.29) is 23.7 Å². The average molecular weight is 569 g/mol. The van der Waals surface area contributed by atoms with Gasteiger partial charge in [-0.25, -0.2) is 0 Å². The summed E-state index contributed by atoms with van der Waals surface area (Å²) in [6.45, 7) is 0.475. The molecule has 3 N–H and O–H groups in total. The van der Waals surface area contributed by atoms with Crippen molar-refractivity contribution in [2.75, 3.05) is 53.9 Å². The maximum atomic E-state index is 14.6. The van der Waals surface area contributed by atoms with E-state index in [9.17, 15) is 24.3 Å². The van der Waals surface area contributed by atoms with Gasteiger partial charge in [0.1, 0.15) is 17.3 Å². The molecule has 41 heavy (non-hydrogen) atoms. The van der Waals surface area contributed by atoms with E-state index >= 15 is 0 Å². The molecule has 7 atom stereocenters. The van der Waals surface area contributed by atoms with Crippen LogP contribution in [0.1, 0.15) is 40.7 Å². The van der Waals surface area contributed by atoms with E-state index in [1.165, 1.54) is 7.11 Å². The van der Waals surface area contributed by atoms with E-state index in [1.807, 2.05) is 19.0 Å². The van der Waals surface area contributed by atoms with Gasteiger partial charge in [0.25, 0.3) is 0 Å². The number of methoxy groups -OCH3 is 1. The van der Waals surface area contributed by atoms with Crippen molar-refractivity contribution >= 4 is 28.9 Å². The van der Waals surface area contributed by atoms with Crippen LogP contribution in [0, 0.1) is 23.7 Å². The number of rotatable bonds is 7. The van der Waals surface area contributed by atoms with Crippen LogP contribution in [0.15, 0.2) is 6.07 Å². The fraction of sp³-hybridized carbons (Fsp3) is 0.667. The van der Waals surface area contributed by atoms with Crippen LogP contribution >= 0.6 is 0 Å². The largest absolute Gasteiger partial charge is 0.507 e. The highest BCUT2D eigenvalue weighted by molar-refractivity contribution is 6.19. The summed E-state index contributed by atoms with van der Waals surface area (Å²) in [5.74, 6) is -5.88. The topological polar surface area (TPSA) is 143 Å². The van der Waals surface area contributed by atoms with Crippen LogP contribution in [-0.4, -0.2) is 110 Å². The zero-order valence-electron chi connectivity index (χ0n) is 24.6. The number of nitrogens with two attached hydrogens (primary N) is 1. The number of phenols is 1. The molecule has 1 aliphatic heterocycles. The number of aromatic hydroxyl groups is 1. The third-order valence-corrected chi connectivity index (χ3v) is 10.5. The average Bonchev–Trinajstić information content (AvgIpc) is 3.70. The lowest BCUT2D eigenvalue weighted by Gasteiger charge is -2.68. The molecule has 1 saturated heterocycles. The van der Waals surface area contributed by atoms with Gasteiger partial charge >= 0.3 is 0 Å². The lowest BCUT2D eigenvalue weighted by Crippen LogP contribution is -2.88. The summed E-state index contributed by atoms with van der Waals surface area (Å²) in [5.41, 5.74) is 5.21. The number of carbonyl (C=O) groups excluding carboxylic acids is 4. The number of hydrogen-bond donors (Lipinski definition) is 2. The maximum Gasteiger partial charge on any atom is 0.231 e. The summed E-state index contributed by atoms with van der Waals surface area (Å²) in [5, 5.41) is 11.2. The number of amides is 1. The SMILES string of the molecule is COC12COC13C(=O)C1C(=O)c4c(O)cc(CN(C)C5CC5)c(N(C)C)c4CC1CC3C(N(C)C)C(=O)C2C(N)=O. The smallest absolute Gasteiger partial charge is 0.231 e. The first-order valence-corrected chi connectivity index (χ1v) is 14.3. The standard InChI is InChI=1S/C30H40N4O7/c1-32(2)23-15(12-34(5)16-7-8-16)11-19(35)21-17(23)9-14-10-18-24(33(3)4)26(37)22(28(31)39)29(40-6)13-41-30(18,29)27(38)20(14)25(21)36/h11,14,16,18,20,22,24,35H,7-10,12-13H2,1-6H3,(H2,31,39). The second kappa shape index (κ2) is 9.32. The van der Waals surface area contributed by atoms with Crippen molar-refractivity contribution in [1.82, 2.24) is 9.80 Å². The van der Waals surface area contributed by atoms with Gasteiger partial charge in [0, 0.05) is 45.4 Å². The van der Waals surface area contributed by atoms with Crippen LogP contribution < -0.4 is 10.6 Å². The van der Waals surface area contributed by atoms with Gasteiger partial charge in [-0.05, 0) is 69.9 Å². The lowest BCUT2D eigenvalue weighted by atomic mass is 9.45. The number of ketones is 3. The Kier molecular flexibility index (Phi) is 6.43.